The maximum absolute atomic E-state index is 11.4. The van der Waals surface area contributed by atoms with Gasteiger partial charge in [-0.2, -0.15) is 0 Å². The van der Waals surface area contributed by atoms with Crippen LogP contribution >= 0.6 is 0 Å². The zero-order valence-corrected chi connectivity index (χ0v) is 11.3. The number of fused-ring (bicyclic) bond motifs is 2. The van der Waals surface area contributed by atoms with E-state index in [0.29, 0.717) is 0 Å². The molecule has 0 unspecified atom stereocenters. The largest absolute Gasteiger partial charge is 0.480 e. The number of rotatable bonds is 5. The van der Waals surface area contributed by atoms with E-state index in [0.717, 1.165) is 11.0 Å². The van der Waals surface area contributed by atoms with E-state index in [2.05, 4.69) is 0 Å². The fourth-order valence-corrected chi connectivity index (χ4v) is 3.29. The van der Waals surface area contributed by atoms with Crippen LogP contribution < -0.4 is 0 Å². The SMILES string of the molecule is O=C(O)CN1C[C@]2([N+](=O)[O-])C=C(C(=O)O)C[C@]([N+](=O)[O-])(C1)C2. The maximum atomic E-state index is 11.4. The van der Waals surface area contributed by atoms with Crippen LogP contribution in [0.4, 0.5) is 0 Å². The molecule has 1 aliphatic carbocycles. The average Bonchev–Trinajstić information content (AvgIpc) is 2.36. The number of carboxylic acids is 2. The van der Waals surface area contributed by atoms with Crippen LogP contribution in [0.5, 0.6) is 0 Å². The molecule has 11 heteroatoms. The van der Waals surface area contributed by atoms with Crippen LogP contribution in [0, 0.1) is 20.2 Å². The second kappa shape index (κ2) is 5.02. The number of piperidine rings is 1. The lowest BCUT2D eigenvalue weighted by atomic mass is 9.69. The number of nitro groups is 2. The van der Waals surface area contributed by atoms with Crippen LogP contribution in [-0.4, -0.2) is 67.6 Å². The normalized spacial score (nSPS) is 31.2. The number of nitrogens with zero attached hydrogens (tertiary/aromatic N) is 3. The van der Waals surface area contributed by atoms with E-state index < -0.39 is 52.2 Å². The molecule has 2 aliphatic rings. The van der Waals surface area contributed by atoms with Crippen LogP contribution in [0.2, 0.25) is 0 Å². The minimum Gasteiger partial charge on any atom is -0.480 e. The Hall–Kier alpha value is -2.56. The van der Waals surface area contributed by atoms with Gasteiger partial charge in [0.1, 0.15) is 0 Å². The number of hydrogen-bond donors (Lipinski definition) is 2. The van der Waals surface area contributed by atoms with Gasteiger partial charge in [-0.25, -0.2) is 4.79 Å². The van der Waals surface area contributed by atoms with Crippen molar-refractivity contribution in [1.82, 2.24) is 4.90 Å². The predicted octanol–water partition coefficient (Wildman–Crippen LogP) is -0.778. The summed E-state index contributed by atoms with van der Waals surface area (Å²) in [6.07, 6.45) is -0.000957. The Morgan fingerprint density at radius 2 is 1.86 bits per heavy atom. The molecule has 120 valence electrons. The fourth-order valence-electron chi connectivity index (χ4n) is 3.29. The molecule has 22 heavy (non-hydrogen) atoms. The van der Waals surface area contributed by atoms with Crippen LogP contribution in [-0.2, 0) is 9.59 Å². The van der Waals surface area contributed by atoms with Crippen molar-refractivity contribution >= 4 is 11.9 Å². The molecular formula is C11H13N3O8. The van der Waals surface area contributed by atoms with Gasteiger partial charge in [-0.3, -0.25) is 29.9 Å². The van der Waals surface area contributed by atoms with Crippen molar-refractivity contribution < 1.29 is 29.6 Å². The first kappa shape index (κ1) is 15.8. The van der Waals surface area contributed by atoms with E-state index in [9.17, 15) is 29.8 Å². The Labute approximate surface area is 123 Å². The Bertz CT molecular complexity index is 602. The minimum atomic E-state index is -1.97. The first-order valence-corrected chi connectivity index (χ1v) is 6.28. The molecule has 2 N–H and O–H groups in total. The summed E-state index contributed by atoms with van der Waals surface area (Å²) in [6.45, 7) is -1.30. The molecule has 0 aromatic heterocycles. The summed E-state index contributed by atoms with van der Waals surface area (Å²) in [5.41, 5.74) is -4.22. The van der Waals surface area contributed by atoms with Crippen molar-refractivity contribution in [2.75, 3.05) is 19.6 Å². The number of aliphatic carboxylic acids is 2. The lowest BCUT2D eigenvalue weighted by molar-refractivity contribution is -0.619. The highest BCUT2D eigenvalue weighted by Crippen LogP contribution is 2.43. The minimum absolute atomic E-state index is 0.341. The van der Waals surface area contributed by atoms with Crippen molar-refractivity contribution in [3.63, 3.8) is 0 Å². The number of hydrogen-bond acceptors (Lipinski definition) is 7. The first-order chi connectivity index (χ1) is 10.1. The Kier molecular flexibility index (Phi) is 3.61. The van der Waals surface area contributed by atoms with E-state index in [1.807, 2.05) is 0 Å². The fraction of sp³-hybridized carbons (Fsp3) is 0.636. The van der Waals surface area contributed by atoms with Gasteiger partial charge in [-0.05, 0) is 0 Å². The second-order valence-electron chi connectivity index (χ2n) is 5.71. The van der Waals surface area contributed by atoms with Gasteiger partial charge in [0, 0.05) is 21.5 Å². The highest BCUT2D eigenvalue weighted by Gasteiger charge is 2.64. The van der Waals surface area contributed by atoms with E-state index in [1.54, 1.807) is 0 Å². The highest BCUT2D eigenvalue weighted by molar-refractivity contribution is 5.87. The van der Waals surface area contributed by atoms with Crippen molar-refractivity contribution in [2.24, 2.45) is 0 Å². The smallest absolute Gasteiger partial charge is 0.331 e. The summed E-state index contributed by atoms with van der Waals surface area (Å²) < 4.78 is 0. The van der Waals surface area contributed by atoms with Crippen LogP contribution in [0.25, 0.3) is 0 Å². The molecule has 0 aromatic rings. The molecule has 0 saturated carbocycles. The van der Waals surface area contributed by atoms with Crippen LogP contribution in [0.1, 0.15) is 12.8 Å². The molecule has 0 radical (unpaired) electrons. The number of carbonyl (C=O) groups is 2. The molecule has 1 fully saturated rings. The van der Waals surface area contributed by atoms with Crippen LogP contribution in [0.3, 0.4) is 0 Å². The zero-order chi connectivity index (χ0) is 16.7. The summed E-state index contributed by atoms with van der Waals surface area (Å²) >= 11 is 0. The predicted molar refractivity (Wildman–Crippen MR) is 68.5 cm³/mol. The summed E-state index contributed by atoms with van der Waals surface area (Å²) in [4.78, 5) is 44.5. The van der Waals surface area contributed by atoms with Gasteiger partial charge in [-0.15, -0.1) is 0 Å². The lowest BCUT2D eigenvalue weighted by Gasteiger charge is -2.44. The van der Waals surface area contributed by atoms with E-state index in [-0.39, 0.29) is 18.7 Å². The molecule has 0 aromatic carbocycles. The molecule has 1 saturated heterocycles. The summed E-state index contributed by atoms with van der Waals surface area (Å²) in [6, 6.07) is 0. The molecule has 2 rings (SSSR count). The molecule has 1 aliphatic heterocycles. The molecule has 0 amide bonds. The van der Waals surface area contributed by atoms with Gasteiger partial charge >= 0.3 is 11.9 Å². The summed E-state index contributed by atoms with van der Waals surface area (Å²) in [7, 11) is 0. The van der Waals surface area contributed by atoms with Gasteiger partial charge < -0.3 is 10.2 Å². The van der Waals surface area contributed by atoms with Crippen molar-refractivity contribution in [3.05, 3.63) is 31.9 Å². The van der Waals surface area contributed by atoms with E-state index in [1.165, 1.54) is 0 Å². The van der Waals surface area contributed by atoms with Crippen molar-refractivity contribution in [1.29, 1.82) is 0 Å². The molecule has 2 atom stereocenters. The van der Waals surface area contributed by atoms with Gasteiger partial charge in [0.15, 0.2) is 0 Å². The monoisotopic (exact) mass is 315 g/mol. The third-order valence-corrected chi connectivity index (χ3v) is 4.00. The molecular weight excluding hydrogens is 302 g/mol. The summed E-state index contributed by atoms with van der Waals surface area (Å²) in [5.74, 6) is -2.71. The third-order valence-electron chi connectivity index (χ3n) is 4.00. The lowest BCUT2D eigenvalue weighted by Crippen LogP contribution is -2.67. The standard InChI is InChI=1S/C11H13N3O8/c15-8(16)3-12-5-10(13(19)20)1-7(9(17)18)2-11(4-10,6-12)14(21)22/h1H,2-6H2,(H,15,16)(H,17,18)/t10-,11+/m0/s1. The van der Waals surface area contributed by atoms with E-state index in [4.69, 9.17) is 10.2 Å². The highest BCUT2D eigenvalue weighted by atomic mass is 16.6. The summed E-state index contributed by atoms with van der Waals surface area (Å²) in [5, 5.41) is 40.8. The van der Waals surface area contributed by atoms with Crippen LogP contribution in [0.15, 0.2) is 11.6 Å². The number of carboxylic acid groups (broad SMARTS) is 2. The van der Waals surface area contributed by atoms with E-state index >= 15 is 0 Å². The second-order valence-corrected chi connectivity index (χ2v) is 5.71. The zero-order valence-electron chi connectivity index (χ0n) is 11.3. The number of likely N-dealkylation sites (tertiary alicyclic amines) is 1. The quantitative estimate of drug-likeness (QED) is 0.489. The Morgan fingerprint density at radius 1 is 1.23 bits per heavy atom. The third kappa shape index (κ3) is 2.50. The van der Waals surface area contributed by atoms with Gasteiger partial charge in [0.2, 0.25) is 5.54 Å². The van der Waals surface area contributed by atoms with Crippen molar-refractivity contribution in [2.45, 2.75) is 23.9 Å². The molecule has 0 spiro atoms. The molecule has 2 bridgehead atoms. The Balaban J connectivity index is 2.54. The first-order valence-electron chi connectivity index (χ1n) is 6.28. The Morgan fingerprint density at radius 3 is 2.32 bits per heavy atom. The molecule has 1 heterocycles. The maximum Gasteiger partial charge on any atom is 0.331 e. The van der Waals surface area contributed by atoms with Gasteiger partial charge in [0.05, 0.1) is 32.5 Å². The topological polar surface area (TPSA) is 164 Å². The van der Waals surface area contributed by atoms with Gasteiger partial charge in [0.25, 0.3) is 5.54 Å². The van der Waals surface area contributed by atoms with Crippen molar-refractivity contribution in [3.8, 4) is 0 Å². The average molecular weight is 315 g/mol. The molecule has 11 nitrogen and oxygen atoms in total. The van der Waals surface area contributed by atoms with Gasteiger partial charge in [-0.1, -0.05) is 0 Å².